The van der Waals surface area contributed by atoms with Crippen LogP contribution in [0.15, 0.2) is 48.9 Å². The lowest BCUT2D eigenvalue weighted by molar-refractivity contribution is 0.646. The van der Waals surface area contributed by atoms with E-state index in [0.29, 0.717) is 6.04 Å². The van der Waals surface area contributed by atoms with Crippen LogP contribution >= 0.6 is 0 Å². The summed E-state index contributed by atoms with van der Waals surface area (Å²) in [5.74, 6) is 0.935. The molecule has 3 heterocycles. The number of benzene rings is 1. The van der Waals surface area contributed by atoms with E-state index >= 15 is 0 Å². The number of imidazole rings is 1. The highest BCUT2D eigenvalue weighted by Gasteiger charge is 2.17. The predicted octanol–water partition coefficient (Wildman–Crippen LogP) is 2.84. The molecule has 1 saturated heterocycles. The largest absolute Gasteiger partial charge is 0.310 e. The first-order chi connectivity index (χ1) is 9.92. The number of rotatable bonds is 2. The van der Waals surface area contributed by atoms with Gasteiger partial charge in [0.05, 0.1) is 11.0 Å². The van der Waals surface area contributed by atoms with Crippen molar-refractivity contribution in [3.05, 3.63) is 54.5 Å². The molecular weight excluding hydrogens is 248 g/mol. The smallest absolute Gasteiger partial charge is 0.138 e. The van der Waals surface area contributed by atoms with Crippen LogP contribution in [0.5, 0.6) is 0 Å². The molecule has 4 rings (SSSR count). The Balaban J connectivity index is 1.80. The summed E-state index contributed by atoms with van der Waals surface area (Å²) in [5, 5.41) is 3.53. The van der Waals surface area contributed by atoms with Crippen LogP contribution in [0.4, 0.5) is 0 Å². The molecule has 1 atom stereocenters. The van der Waals surface area contributed by atoms with Crippen molar-refractivity contribution >= 4 is 11.0 Å². The molecule has 0 spiro atoms. The second-order valence-electron chi connectivity index (χ2n) is 5.20. The Morgan fingerprint density at radius 3 is 3.00 bits per heavy atom. The Kier molecular flexibility index (Phi) is 2.74. The van der Waals surface area contributed by atoms with Gasteiger partial charge in [0.1, 0.15) is 12.1 Å². The highest BCUT2D eigenvalue weighted by molar-refractivity contribution is 5.76. The number of para-hydroxylation sites is 2. The fourth-order valence-corrected chi connectivity index (χ4v) is 2.89. The van der Waals surface area contributed by atoms with Gasteiger partial charge in [-0.3, -0.25) is 4.57 Å². The van der Waals surface area contributed by atoms with Gasteiger partial charge in [0.15, 0.2) is 0 Å². The van der Waals surface area contributed by atoms with Crippen molar-refractivity contribution in [2.24, 2.45) is 0 Å². The SMILES string of the molecule is c1ccc2c(c1)ncn2-c1cc([C@@H]2CCCN2)ccn1. The van der Waals surface area contributed by atoms with Crippen LogP contribution in [0.2, 0.25) is 0 Å². The van der Waals surface area contributed by atoms with E-state index in [2.05, 4.69) is 33.5 Å². The van der Waals surface area contributed by atoms with Crippen molar-refractivity contribution in [3.63, 3.8) is 0 Å². The van der Waals surface area contributed by atoms with Crippen LogP contribution in [0.3, 0.4) is 0 Å². The maximum absolute atomic E-state index is 4.50. The topological polar surface area (TPSA) is 42.7 Å². The summed E-state index contributed by atoms with van der Waals surface area (Å²) < 4.78 is 2.05. The van der Waals surface area contributed by atoms with Gasteiger partial charge in [-0.25, -0.2) is 9.97 Å². The van der Waals surface area contributed by atoms with Crippen LogP contribution < -0.4 is 5.32 Å². The Morgan fingerprint density at radius 1 is 1.15 bits per heavy atom. The summed E-state index contributed by atoms with van der Waals surface area (Å²) in [5.41, 5.74) is 3.40. The number of nitrogens with zero attached hydrogens (tertiary/aromatic N) is 3. The van der Waals surface area contributed by atoms with Gasteiger partial charge in [-0.05, 0) is 49.2 Å². The number of pyridine rings is 1. The molecule has 0 amide bonds. The maximum atomic E-state index is 4.50. The number of fused-ring (bicyclic) bond motifs is 1. The molecule has 1 N–H and O–H groups in total. The summed E-state index contributed by atoms with van der Waals surface area (Å²) in [6.45, 7) is 1.11. The average molecular weight is 264 g/mol. The quantitative estimate of drug-likeness (QED) is 0.774. The van der Waals surface area contributed by atoms with Crippen molar-refractivity contribution < 1.29 is 0 Å². The van der Waals surface area contributed by atoms with E-state index in [0.717, 1.165) is 23.4 Å². The monoisotopic (exact) mass is 264 g/mol. The van der Waals surface area contributed by atoms with Gasteiger partial charge in [-0.15, -0.1) is 0 Å². The van der Waals surface area contributed by atoms with Crippen molar-refractivity contribution in [3.8, 4) is 5.82 Å². The molecule has 20 heavy (non-hydrogen) atoms. The highest BCUT2D eigenvalue weighted by atomic mass is 15.1. The zero-order valence-electron chi connectivity index (χ0n) is 11.2. The summed E-state index contributed by atoms with van der Waals surface area (Å²) in [4.78, 5) is 8.93. The Morgan fingerprint density at radius 2 is 2.10 bits per heavy atom. The van der Waals surface area contributed by atoms with Crippen LogP contribution in [0, 0.1) is 0 Å². The van der Waals surface area contributed by atoms with E-state index < -0.39 is 0 Å². The molecule has 1 aliphatic rings. The van der Waals surface area contributed by atoms with Gasteiger partial charge in [0, 0.05) is 12.2 Å². The zero-order valence-corrected chi connectivity index (χ0v) is 11.2. The summed E-state index contributed by atoms with van der Waals surface area (Å²) >= 11 is 0. The van der Waals surface area contributed by atoms with Crippen molar-refractivity contribution in [2.75, 3.05) is 6.54 Å². The normalized spacial score (nSPS) is 18.7. The minimum Gasteiger partial charge on any atom is -0.310 e. The predicted molar refractivity (Wildman–Crippen MR) is 78.8 cm³/mol. The summed E-state index contributed by atoms with van der Waals surface area (Å²) in [7, 11) is 0. The van der Waals surface area contributed by atoms with E-state index in [4.69, 9.17) is 0 Å². The summed E-state index contributed by atoms with van der Waals surface area (Å²) in [6, 6.07) is 12.9. The third-order valence-electron chi connectivity index (χ3n) is 3.93. The second-order valence-corrected chi connectivity index (χ2v) is 5.20. The molecule has 1 fully saturated rings. The molecule has 4 heteroatoms. The molecule has 100 valence electrons. The first-order valence-corrected chi connectivity index (χ1v) is 7.03. The van der Waals surface area contributed by atoms with Crippen molar-refractivity contribution in [1.29, 1.82) is 0 Å². The summed E-state index contributed by atoms with van der Waals surface area (Å²) in [6.07, 6.45) is 6.18. The minimum atomic E-state index is 0.464. The lowest BCUT2D eigenvalue weighted by Crippen LogP contribution is -2.13. The van der Waals surface area contributed by atoms with E-state index in [9.17, 15) is 0 Å². The first kappa shape index (κ1) is 11.6. The molecule has 2 aromatic heterocycles. The fourth-order valence-electron chi connectivity index (χ4n) is 2.89. The molecular formula is C16H16N4. The number of nitrogens with one attached hydrogen (secondary N) is 1. The van der Waals surface area contributed by atoms with E-state index in [1.165, 1.54) is 18.4 Å². The molecule has 4 nitrogen and oxygen atoms in total. The van der Waals surface area contributed by atoms with Gasteiger partial charge in [-0.1, -0.05) is 12.1 Å². The number of hydrogen-bond acceptors (Lipinski definition) is 3. The maximum Gasteiger partial charge on any atom is 0.138 e. The molecule has 0 unspecified atom stereocenters. The zero-order chi connectivity index (χ0) is 13.4. The fraction of sp³-hybridized carbons (Fsp3) is 0.250. The Labute approximate surface area is 117 Å². The van der Waals surface area contributed by atoms with Crippen LogP contribution in [-0.2, 0) is 0 Å². The van der Waals surface area contributed by atoms with E-state index in [-0.39, 0.29) is 0 Å². The van der Waals surface area contributed by atoms with E-state index in [1.807, 2.05) is 35.3 Å². The molecule has 1 aliphatic heterocycles. The lowest BCUT2D eigenvalue weighted by atomic mass is 10.1. The molecule has 0 bridgehead atoms. The standard InChI is InChI=1S/C16H16N4/c1-2-6-15-14(4-1)19-11-20(15)16-10-12(7-9-18-16)13-5-3-8-17-13/h1-2,4,6-7,9-11,13,17H,3,5,8H2/t13-/m0/s1. The third-order valence-corrected chi connectivity index (χ3v) is 3.93. The lowest BCUT2D eigenvalue weighted by Gasteiger charge is -2.12. The number of hydrogen-bond donors (Lipinski definition) is 1. The number of aromatic nitrogens is 3. The Hall–Kier alpha value is -2.20. The molecule has 0 saturated carbocycles. The molecule has 3 aromatic rings. The second kappa shape index (κ2) is 4.72. The van der Waals surface area contributed by atoms with Crippen LogP contribution in [0.25, 0.3) is 16.9 Å². The Bertz CT molecular complexity index is 741. The molecule has 0 aliphatic carbocycles. The van der Waals surface area contributed by atoms with Crippen LogP contribution in [0.1, 0.15) is 24.4 Å². The molecule has 0 radical (unpaired) electrons. The first-order valence-electron chi connectivity index (χ1n) is 7.03. The van der Waals surface area contributed by atoms with Gasteiger partial charge in [0.25, 0.3) is 0 Å². The highest BCUT2D eigenvalue weighted by Crippen LogP contribution is 2.24. The molecule has 1 aromatic carbocycles. The van der Waals surface area contributed by atoms with Crippen molar-refractivity contribution in [2.45, 2.75) is 18.9 Å². The average Bonchev–Trinajstić information content (AvgIpc) is 3.17. The van der Waals surface area contributed by atoms with Crippen molar-refractivity contribution in [1.82, 2.24) is 19.9 Å². The minimum absolute atomic E-state index is 0.464. The van der Waals surface area contributed by atoms with E-state index in [1.54, 1.807) is 0 Å². The van der Waals surface area contributed by atoms with Gasteiger partial charge >= 0.3 is 0 Å². The van der Waals surface area contributed by atoms with Gasteiger partial charge in [0.2, 0.25) is 0 Å². The van der Waals surface area contributed by atoms with Gasteiger partial charge < -0.3 is 5.32 Å². The third kappa shape index (κ3) is 1.89. The van der Waals surface area contributed by atoms with Gasteiger partial charge in [-0.2, -0.15) is 0 Å². The van der Waals surface area contributed by atoms with Crippen LogP contribution in [-0.4, -0.2) is 21.1 Å².